The molecule has 142 valence electrons. The monoisotopic (exact) mass is 408 g/mol. The summed E-state index contributed by atoms with van der Waals surface area (Å²) >= 11 is 10.2. The lowest BCUT2D eigenvalue weighted by atomic mass is 10.1. The molecule has 0 aliphatic carbocycles. The minimum absolute atomic E-state index is 0.230. The van der Waals surface area contributed by atoms with Crippen LogP contribution in [0.3, 0.4) is 0 Å². The molecule has 28 heavy (non-hydrogen) atoms. The number of carbonyl (C=O) groups excluding carboxylic acids is 2. The van der Waals surface area contributed by atoms with Crippen LogP contribution < -0.4 is 20.8 Å². The van der Waals surface area contributed by atoms with Crippen molar-refractivity contribution >= 4 is 48.4 Å². The molecule has 6 nitrogen and oxygen atoms in total. The Kier molecular flexibility index (Phi) is 5.62. The van der Waals surface area contributed by atoms with Crippen molar-refractivity contribution in [1.29, 1.82) is 0 Å². The summed E-state index contributed by atoms with van der Waals surface area (Å²) in [5.74, 6) is -2.67. The van der Waals surface area contributed by atoms with Gasteiger partial charge < -0.3 is 46.1 Å². The number of para-hydroxylation sites is 1. The van der Waals surface area contributed by atoms with Gasteiger partial charge in [-0.05, 0) is 24.3 Å². The van der Waals surface area contributed by atoms with Crippen LogP contribution in [0.4, 0.5) is 11.4 Å². The molecule has 0 fully saturated rings. The highest BCUT2D eigenvalue weighted by atomic mass is 32.1. The van der Waals surface area contributed by atoms with Crippen molar-refractivity contribution in [2.75, 3.05) is 10.6 Å². The van der Waals surface area contributed by atoms with Gasteiger partial charge >= 0.3 is 0 Å². The van der Waals surface area contributed by atoms with Gasteiger partial charge in [-0.3, -0.25) is 9.59 Å². The number of nitrogens with one attached hydrogen (secondary N) is 2. The summed E-state index contributed by atoms with van der Waals surface area (Å²) in [6, 6.07) is 14.9. The molecule has 0 heterocycles. The molecule has 3 aromatic rings. The molecule has 0 aliphatic rings. The molecule has 2 amide bonds. The predicted octanol–water partition coefficient (Wildman–Crippen LogP) is 2.15. The topological polar surface area (TPSA) is 104 Å². The Bertz CT molecular complexity index is 968. The van der Waals surface area contributed by atoms with Gasteiger partial charge in [-0.1, -0.05) is 36.4 Å². The van der Waals surface area contributed by atoms with E-state index in [4.69, 9.17) is 25.3 Å². The molecule has 8 heteroatoms. The third-order valence-corrected chi connectivity index (χ3v) is 4.76. The van der Waals surface area contributed by atoms with E-state index < -0.39 is 23.3 Å². The summed E-state index contributed by atoms with van der Waals surface area (Å²) < 4.78 is 0. The number of rotatable bonds is 4. The third-order valence-electron chi connectivity index (χ3n) is 3.85. The number of hydrogen-bond donors (Lipinski definition) is 2. The highest BCUT2D eigenvalue weighted by Gasteiger charge is 2.09. The first-order valence-electron chi connectivity index (χ1n) is 8.03. The van der Waals surface area contributed by atoms with E-state index in [-0.39, 0.29) is 5.56 Å². The van der Waals surface area contributed by atoms with Crippen molar-refractivity contribution in [3.8, 4) is 11.5 Å². The van der Waals surface area contributed by atoms with E-state index >= 15 is 0 Å². The Hall–Kier alpha value is -3.36. The molecule has 3 rings (SSSR count). The van der Waals surface area contributed by atoms with Crippen LogP contribution in [-0.4, -0.2) is 11.8 Å². The van der Waals surface area contributed by atoms with Crippen LogP contribution in [-0.2, 0) is 25.3 Å². The molecule has 0 aliphatic heterocycles. The lowest BCUT2D eigenvalue weighted by Crippen LogP contribution is -2.16. The molecular weight excluding hydrogens is 396 g/mol. The standard InChI is InChI=1S/C20H16N2O4S2/c23-15-5-1-3-13(17(15)24)19(25)21-11-7-9-12(10-8-11)22-20(26)14-4-2-6-16(27)18(14)28/h1-10,23-24,27-28H,(H,21,25)(H,22,26)/p-4. The average molecular weight is 408 g/mol. The predicted molar refractivity (Wildman–Crippen MR) is 105 cm³/mol. The first-order chi connectivity index (χ1) is 13.4. The van der Waals surface area contributed by atoms with Crippen molar-refractivity contribution < 1.29 is 19.8 Å². The first-order valence-corrected chi connectivity index (χ1v) is 8.85. The minimum atomic E-state index is -0.854. The van der Waals surface area contributed by atoms with Gasteiger partial charge in [0, 0.05) is 22.5 Å². The highest BCUT2D eigenvalue weighted by Crippen LogP contribution is 2.24. The molecule has 0 saturated heterocycles. The van der Waals surface area contributed by atoms with Gasteiger partial charge in [0.1, 0.15) is 0 Å². The van der Waals surface area contributed by atoms with E-state index in [1.165, 1.54) is 12.1 Å². The van der Waals surface area contributed by atoms with E-state index in [0.29, 0.717) is 26.7 Å². The number of benzene rings is 3. The largest absolute Gasteiger partial charge is 0.873 e. The quantitative estimate of drug-likeness (QED) is 0.641. The van der Waals surface area contributed by atoms with Crippen LogP contribution >= 0.6 is 0 Å². The number of amides is 2. The van der Waals surface area contributed by atoms with Gasteiger partial charge in [0.05, 0.1) is 0 Å². The lowest BCUT2D eigenvalue weighted by Gasteiger charge is -2.22. The first kappa shape index (κ1) is 19.4. The summed E-state index contributed by atoms with van der Waals surface area (Å²) in [4.78, 5) is 25.3. The minimum Gasteiger partial charge on any atom is -0.873 e. The van der Waals surface area contributed by atoms with Gasteiger partial charge in [-0.2, -0.15) is 9.79 Å². The Balaban J connectivity index is 1.70. The summed E-state index contributed by atoms with van der Waals surface area (Å²) in [7, 11) is 0. The normalized spacial score (nSPS) is 10.3. The van der Waals surface area contributed by atoms with Crippen molar-refractivity contribution in [2.24, 2.45) is 0 Å². The van der Waals surface area contributed by atoms with Crippen LogP contribution in [0, 0.1) is 0 Å². The molecule has 0 saturated carbocycles. The van der Waals surface area contributed by atoms with Crippen molar-refractivity contribution in [3.05, 3.63) is 71.8 Å². The molecule has 0 atom stereocenters. The van der Waals surface area contributed by atoms with Crippen LogP contribution in [0.5, 0.6) is 11.5 Å². The van der Waals surface area contributed by atoms with Crippen LogP contribution in [0.1, 0.15) is 20.7 Å². The summed E-state index contributed by atoms with van der Waals surface area (Å²) in [6.07, 6.45) is 0. The van der Waals surface area contributed by atoms with Crippen LogP contribution in [0.15, 0.2) is 70.5 Å². The second-order valence-electron chi connectivity index (χ2n) is 5.75. The maximum Gasteiger partial charge on any atom is 0.255 e. The maximum absolute atomic E-state index is 12.3. The third kappa shape index (κ3) is 4.13. The van der Waals surface area contributed by atoms with Crippen molar-refractivity contribution in [1.82, 2.24) is 0 Å². The summed E-state index contributed by atoms with van der Waals surface area (Å²) in [5, 5.41) is 28.3. The molecule has 3 aromatic carbocycles. The van der Waals surface area contributed by atoms with E-state index in [1.807, 2.05) is 0 Å². The number of anilines is 2. The van der Waals surface area contributed by atoms with Gasteiger partial charge in [-0.25, -0.2) is 0 Å². The zero-order valence-electron chi connectivity index (χ0n) is 14.2. The Labute approximate surface area is 172 Å². The fourth-order valence-electron chi connectivity index (χ4n) is 2.42. The molecule has 0 bridgehead atoms. The molecule has 0 radical (unpaired) electrons. The zero-order valence-corrected chi connectivity index (χ0v) is 15.9. The average Bonchev–Trinajstić information content (AvgIpc) is 2.67. The molecule has 0 spiro atoms. The molecular formula is C20H12N2O4S2-4. The SMILES string of the molecule is O=C(Nc1ccc(NC(=O)c2cccc([S-])c2[S-])cc1)c1cccc([O-])c1[O-]. The highest BCUT2D eigenvalue weighted by molar-refractivity contribution is 7.62. The van der Waals surface area contributed by atoms with E-state index in [0.717, 1.165) is 6.07 Å². The molecule has 2 N–H and O–H groups in total. The van der Waals surface area contributed by atoms with Crippen molar-refractivity contribution in [3.63, 3.8) is 0 Å². The molecule has 0 unspecified atom stereocenters. The fourth-order valence-corrected chi connectivity index (χ4v) is 2.84. The van der Waals surface area contributed by atoms with Gasteiger partial charge in [0.25, 0.3) is 11.8 Å². The van der Waals surface area contributed by atoms with Gasteiger partial charge in [0.2, 0.25) is 0 Å². The fraction of sp³-hybridized carbons (Fsp3) is 0. The number of carbonyl (C=O) groups is 2. The van der Waals surface area contributed by atoms with Gasteiger partial charge in [-0.15, -0.1) is 11.5 Å². The van der Waals surface area contributed by atoms with Crippen LogP contribution in [0.2, 0.25) is 0 Å². The molecule has 0 aromatic heterocycles. The van der Waals surface area contributed by atoms with Gasteiger partial charge in [0.15, 0.2) is 0 Å². The van der Waals surface area contributed by atoms with E-state index in [1.54, 1.807) is 42.5 Å². The summed E-state index contributed by atoms with van der Waals surface area (Å²) in [6.45, 7) is 0. The lowest BCUT2D eigenvalue weighted by molar-refractivity contribution is -0.317. The number of hydrogen-bond acceptors (Lipinski definition) is 6. The Morgan fingerprint density at radius 1 is 0.714 bits per heavy atom. The van der Waals surface area contributed by atoms with Crippen LogP contribution in [0.25, 0.3) is 0 Å². The zero-order chi connectivity index (χ0) is 20.3. The summed E-state index contributed by atoms with van der Waals surface area (Å²) in [5.41, 5.74) is 0.959. The van der Waals surface area contributed by atoms with Crippen molar-refractivity contribution in [2.45, 2.75) is 9.79 Å². The maximum atomic E-state index is 12.3. The second kappa shape index (κ2) is 8.12. The Morgan fingerprint density at radius 2 is 1.21 bits per heavy atom. The van der Waals surface area contributed by atoms with E-state index in [9.17, 15) is 19.8 Å². The second-order valence-corrected chi connectivity index (χ2v) is 6.60. The van der Waals surface area contributed by atoms with E-state index in [2.05, 4.69) is 10.6 Å². The smallest absolute Gasteiger partial charge is 0.255 e. The Morgan fingerprint density at radius 3 is 1.82 bits per heavy atom.